The molecule has 2 N–H and O–H groups in total. The van der Waals surface area contributed by atoms with Gasteiger partial charge in [0.15, 0.2) is 0 Å². The smallest absolute Gasteiger partial charge is 0.115 e. The second kappa shape index (κ2) is 5.80. The molecule has 3 heteroatoms. The number of aliphatic hydroxyl groups excluding tert-OH is 1. The second-order valence-electron chi connectivity index (χ2n) is 2.76. The molecule has 13 heavy (non-hydrogen) atoms. The van der Waals surface area contributed by atoms with E-state index < -0.39 is 0 Å². The van der Waals surface area contributed by atoms with Gasteiger partial charge in [-0.15, -0.1) is 0 Å². The van der Waals surface area contributed by atoms with E-state index in [-0.39, 0.29) is 56.4 Å². The molecule has 0 bridgehead atoms. The van der Waals surface area contributed by atoms with Gasteiger partial charge in [-0.25, -0.2) is 0 Å². The Morgan fingerprint density at radius 1 is 1.46 bits per heavy atom. The average Bonchev–Trinajstić information content (AvgIpc) is 2.03. The minimum Gasteiger partial charge on any atom is -0.508 e. The van der Waals surface area contributed by atoms with Crippen molar-refractivity contribution in [1.29, 1.82) is 0 Å². The first-order valence-electron chi connectivity index (χ1n) is 3.73. The number of aliphatic hydroxyl groups is 1. The van der Waals surface area contributed by atoms with Gasteiger partial charge in [-0.1, -0.05) is 12.6 Å². The average molecular weight is 391 g/mol. The van der Waals surface area contributed by atoms with E-state index in [9.17, 15) is 0 Å². The summed E-state index contributed by atoms with van der Waals surface area (Å²) in [5.74, 6) is 0.238. The molecule has 0 amide bonds. The Bertz CT molecular complexity index is 308. The largest absolute Gasteiger partial charge is 0.508 e. The third-order valence-electron chi connectivity index (χ3n) is 1.78. The van der Waals surface area contributed by atoms with Gasteiger partial charge in [0.25, 0.3) is 0 Å². The van der Waals surface area contributed by atoms with Crippen LogP contribution in [0.3, 0.4) is 0 Å². The van der Waals surface area contributed by atoms with Gasteiger partial charge in [-0.2, -0.15) is 0 Å². The summed E-state index contributed by atoms with van der Waals surface area (Å²) in [5, 5.41) is 17.9. The van der Waals surface area contributed by atoms with Gasteiger partial charge in [0.2, 0.25) is 0 Å². The van der Waals surface area contributed by atoms with Gasteiger partial charge in [0, 0.05) is 44.1 Å². The number of aryl methyl sites for hydroxylation is 1. The van der Waals surface area contributed by atoms with Crippen LogP contribution in [-0.2, 0) is 0 Å². The molecular formula is C10H12AcO2. The molecule has 0 saturated carbocycles. The van der Waals surface area contributed by atoms with Crippen LogP contribution in [0.1, 0.15) is 11.1 Å². The Balaban J connectivity index is 0.00000144. The van der Waals surface area contributed by atoms with Gasteiger partial charge in [0.1, 0.15) is 5.75 Å². The van der Waals surface area contributed by atoms with Crippen LogP contribution >= 0.6 is 0 Å². The molecule has 0 unspecified atom stereocenters. The molecule has 1 aromatic rings. The minimum atomic E-state index is -0.0500. The van der Waals surface area contributed by atoms with Gasteiger partial charge < -0.3 is 10.2 Å². The van der Waals surface area contributed by atoms with Gasteiger partial charge in [-0.3, -0.25) is 0 Å². The summed E-state index contributed by atoms with van der Waals surface area (Å²) in [6.07, 6.45) is 0. The van der Waals surface area contributed by atoms with E-state index in [2.05, 4.69) is 6.58 Å². The molecule has 0 heterocycles. The maximum atomic E-state index is 9.10. The number of hydrogen-bond acceptors (Lipinski definition) is 2. The molecular weight excluding hydrogens is 379 g/mol. The minimum absolute atomic E-state index is 0. The fourth-order valence-corrected chi connectivity index (χ4v) is 1.13. The van der Waals surface area contributed by atoms with Crippen LogP contribution in [0.5, 0.6) is 5.75 Å². The quantitative estimate of drug-likeness (QED) is 0.806. The monoisotopic (exact) mass is 391 g/mol. The van der Waals surface area contributed by atoms with Crippen molar-refractivity contribution in [3.63, 3.8) is 0 Å². The summed E-state index contributed by atoms with van der Waals surface area (Å²) < 4.78 is 0. The molecule has 0 aliphatic heterocycles. The van der Waals surface area contributed by atoms with Crippen molar-refractivity contribution in [3.8, 4) is 5.75 Å². The maximum absolute atomic E-state index is 9.10. The zero-order valence-corrected chi connectivity index (χ0v) is 12.4. The molecule has 0 aliphatic carbocycles. The van der Waals surface area contributed by atoms with E-state index in [4.69, 9.17) is 10.2 Å². The summed E-state index contributed by atoms with van der Waals surface area (Å²) in [5.41, 5.74) is 2.50. The van der Waals surface area contributed by atoms with Crippen LogP contribution in [0.15, 0.2) is 24.8 Å². The van der Waals surface area contributed by atoms with Crippen molar-refractivity contribution < 1.29 is 54.3 Å². The maximum Gasteiger partial charge on any atom is 0.115 e. The van der Waals surface area contributed by atoms with Crippen LogP contribution < -0.4 is 0 Å². The fourth-order valence-electron chi connectivity index (χ4n) is 1.13. The van der Waals surface area contributed by atoms with Gasteiger partial charge in [-0.05, 0) is 35.8 Å². The number of phenolic OH excluding ortho intramolecular Hbond substituents is 1. The van der Waals surface area contributed by atoms with E-state index in [1.807, 2.05) is 6.92 Å². The van der Waals surface area contributed by atoms with Gasteiger partial charge >= 0.3 is 0 Å². The number of benzene rings is 1. The van der Waals surface area contributed by atoms with Crippen LogP contribution in [0, 0.1) is 51.0 Å². The summed E-state index contributed by atoms with van der Waals surface area (Å²) in [7, 11) is 0. The van der Waals surface area contributed by atoms with Crippen LogP contribution in [0.25, 0.3) is 5.57 Å². The predicted octanol–water partition coefficient (Wildman–Crippen LogP) is 1.71. The van der Waals surface area contributed by atoms with Crippen LogP contribution in [-0.4, -0.2) is 16.8 Å². The molecule has 1 radical (unpaired) electrons. The molecule has 0 aliphatic rings. The molecule has 0 spiro atoms. The second-order valence-corrected chi connectivity index (χ2v) is 2.76. The molecule has 1 aromatic carbocycles. The Hall–Kier alpha value is 0.162. The molecule has 0 atom stereocenters. The number of phenols is 1. The van der Waals surface area contributed by atoms with Crippen molar-refractivity contribution in [2.45, 2.75) is 6.92 Å². The molecule has 0 saturated heterocycles. The fraction of sp³-hybridized carbons (Fsp3) is 0.200. The van der Waals surface area contributed by atoms with Crippen molar-refractivity contribution in [2.24, 2.45) is 0 Å². The molecule has 0 fully saturated rings. The van der Waals surface area contributed by atoms with E-state index in [0.29, 0.717) is 5.57 Å². The van der Waals surface area contributed by atoms with Crippen LogP contribution in [0.4, 0.5) is 0 Å². The number of hydrogen-bond donors (Lipinski definition) is 2. The third-order valence-corrected chi connectivity index (χ3v) is 1.78. The molecule has 67 valence electrons. The summed E-state index contributed by atoms with van der Waals surface area (Å²) >= 11 is 0. The standard InChI is InChI=1S/C10H12O2.Ac/c1-7-5-9(12)3-4-10(7)8(2)6-11;/h3-5,11-12H,2,6H2,1H3;. The first-order valence-corrected chi connectivity index (χ1v) is 3.73. The molecule has 2 nitrogen and oxygen atoms in total. The first-order chi connectivity index (χ1) is 5.65. The van der Waals surface area contributed by atoms with E-state index in [0.717, 1.165) is 11.1 Å². The molecule has 1 rings (SSSR count). The zero-order chi connectivity index (χ0) is 9.14. The third kappa shape index (κ3) is 3.42. The van der Waals surface area contributed by atoms with Crippen molar-refractivity contribution in [2.75, 3.05) is 6.61 Å². The SMILES string of the molecule is C=C(CO)c1ccc(O)cc1C.[Ac]. The van der Waals surface area contributed by atoms with E-state index >= 15 is 0 Å². The Morgan fingerprint density at radius 2 is 2.08 bits per heavy atom. The van der Waals surface area contributed by atoms with E-state index in [1.165, 1.54) is 0 Å². The summed E-state index contributed by atoms with van der Waals surface area (Å²) in [6.45, 7) is 5.52. The van der Waals surface area contributed by atoms with Crippen LogP contribution in [0.2, 0.25) is 0 Å². The normalized spacial score (nSPS) is 9.08. The Kier molecular flexibility index (Phi) is 5.87. The predicted molar refractivity (Wildman–Crippen MR) is 49.0 cm³/mol. The summed E-state index contributed by atoms with van der Waals surface area (Å²) in [4.78, 5) is 0. The zero-order valence-electron chi connectivity index (χ0n) is 7.62. The van der Waals surface area contributed by atoms with Crippen molar-refractivity contribution in [3.05, 3.63) is 35.9 Å². The summed E-state index contributed by atoms with van der Waals surface area (Å²) in [6, 6.07) is 4.99. The molecule has 0 aromatic heterocycles. The van der Waals surface area contributed by atoms with Gasteiger partial charge in [0.05, 0.1) is 6.61 Å². The topological polar surface area (TPSA) is 40.5 Å². The van der Waals surface area contributed by atoms with Crippen molar-refractivity contribution in [1.82, 2.24) is 0 Å². The number of aromatic hydroxyl groups is 1. The number of rotatable bonds is 2. The Labute approximate surface area is 114 Å². The Morgan fingerprint density at radius 3 is 2.54 bits per heavy atom. The van der Waals surface area contributed by atoms with Crippen molar-refractivity contribution >= 4 is 5.57 Å². The first kappa shape index (κ1) is 13.2. The van der Waals surface area contributed by atoms with E-state index in [1.54, 1.807) is 18.2 Å².